The van der Waals surface area contributed by atoms with E-state index in [2.05, 4.69) is 20.4 Å². The highest BCUT2D eigenvalue weighted by atomic mass is 16.8. The summed E-state index contributed by atoms with van der Waals surface area (Å²) >= 11 is 0. The number of esters is 1. The molecule has 1 spiro atoms. The number of ether oxygens (including phenoxy) is 12. The van der Waals surface area contributed by atoms with Gasteiger partial charge < -0.3 is 159 Å². The van der Waals surface area contributed by atoms with Crippen molar-refractivity contribution in [2.24, 2.45) is 27.6 Å². The maximum atomic E-state index is 15.5. The van der Waals surface area contributed by atoms with Crippen LogP contribution in [-0.2, 0) is 61.6 Å². The van der Waals surface area contributed by atoms with E-state index in [4.69, 9.17) is 56.8 Å². The molecule has 10 aliphatic rings. The standard InChI is InChI=1S/C57H92O33/c1-20-12-56-9-6-27-53(2,52(78)89-50-44(87-48-40(76)36(72)30(66)23(15-60)81-48)42(32(68)25(17-62)83-50)85-46-38(74)34(70)28(64)21(13-58)79-46)7-5-8-54(27,3)55(56,4)10-11-57(20,19-56)90-51-45(88-49-41(77)37(73)31(67)24(16-61)82-49)43(33(69)26(18-63)84-51)86-47-39(75)35(71)29(65)22(14-59)80-47/h21-51,58-77H,1,5-19H2,2-4H3/t21?,22?,23?,24?,25?,26?,27?,28?,29?,30?,31?,32?,33?,34?,35?,36?,37?,38?,39?,40?,41?,42?,43?,44?,45?,46?,47?,48?,49?,50?,51?,53-,54-,55+,56?,57?/m1/s1. The van der Waals surface area contributed by atoms with Gasteiger partial charge in [-0.05, 0) is 86.0 Å². The second-order valence-electron chi connectivity index (χ2n) is 27.0. The Balaban J connectivity index is 0.935. The highest BCUT2D eigenvalue weighted by Crippen LogP contribution is 2.79. The molecule has 6 aliphatic heterocycles. The Morgan fingerprint density at radius 1 is 0.433 bits per heavy atom. The maximum absolute atomic E-state index is 15.5. The molecule has 4 aliphatic carbocycles. The Morgan fingerprint density at radius 3 is 1.19 bits per heavy atom. The molecule has 6 saturated heterocycles. The van der Waals surface area contributed by atoms with Crippen molar-refractivity contribution in [3.63, 3.8) is 0 Å². The number of aliphatic hydroxyl groups excluding tert-OH is 20. The van der Waals surface area contributed by atoms with E-state index in [9.17, 15) is 102 Å². The summed E-state index contributed by atoms with van der Waals surface area (Å²) in [6.45, 7) is 5.21. The van der Waals surface area contributed by atoms with Crippen molar-refractivity contribution in [1.29, 1.82) is 0 Å². The Kier molecular flexibility index (Phi) is 21.3. The highest BCUT2D eigenvalue weighted by molar-refractivity contribution is 5.77. The summed E-state index contributed by atoms with van der Waals surface area (Å²) in [4.78, 5) is 15.5. The summed E-state index contributed by atoms with van der Waals surface area (Å²) in [6, 6.07) is 0. The van der Waals surface area contributed by atoms with Crippen LogP contribution in [0.1, 0.15) is 78.6 Å². The Hall–Kier alpha value is -2.03. The third-order valence-electron chi connectivity index (χ3n) is 22.3. The topological polar surface area (TPSA) is 532 Å². The summed E-state index contributed by atoms with van der Waals surface area (Å²) < 4.78 is 73.1. The molecular weight excluding hydrogens is 1210 g/mol. The molecule has 33 unspecified atom stereocenters. The van der Waals surface area contributed by atoms with Crippen LogP contribution in [0.3, 0.4) is 0 Å². The van der Waals surface area contributed by atoms with Crippen LogP contribution in [0.5, 0.6) is 0 Å². The first kappa shape index (κ1) is 70.8. The van der Waals surface area contributed by atoms with Gasteiger partial charge in [0, 0.05) is 0 Å². The second kappa shape index (κ2) is 27.1. The molecule has 33 heteroatoms. The Labute approximate surface area is 516 Å². The van der Waals surface area contributed by atoms with Crippen LogP contribution in [0.2, 0.25) is 0 Å². The van der Waals surface area contributed by atoms with Crippen LogP contribution in [0.15, 0.2) is 12.2 Å². The van der Waals surface area contributed by atoms with Crippen molar-refractivity contribution in [1.82, 2.24) is 0 Å². The lowest BCUT2D eigenvalue weighted by atomic mass is 9.35. The first-order chi connectivity index (χ1) is 42.5. The molecule has 0 aromatic rings. The zero-order valence-corrected chi connectivity index (χ0v) is 50.0. The molecule has 518 valence electrons. The number of fused-ring (bicyclic) bond motifs is 3. The molecule has 33 nitrogen and oxygen atoms in total. The van der Waals surface area contributed by atoms with Gasteiger partial charge in [-0.25, -0.2) is 0 Å². The average molecular weight is 1310 g/mol. The van der Waals surface area contributed by atoms with Gasteiger partial charge in [-0.3, -0.25) is 4.79 Å². The average Bonchev–Trinajstić information content (AvgIpc) is 1.29. The van der Waals surface area contributed by atoms with Crippen molar-refractivity contribution >= 4 is 5.97 Å². The number of carbonyl (C=O) groups excluding carboxylic acids is 1. The van der Waals surface area contributed by atoms with E-state index in [0.717, 1.165) is 0 Å². The van der Waals surface area contributed by atoms with Crippen LogP contribution in [-0.4, -0.2) is 338 Å². The van der Waals surface area contributed by atoms with Crippen LogP contribution < -0.4 is 0 Å². The van der Waals surface area contributed by atoms with Crippen LogP contribution in [0.4, 0.5) is 0 Å². The third kappa shape index (κ3) is 11.8. The minimum Gasteiger partial charge on any atom is -0.432 e. The molecule has 90 heavy (non-hydrogen) atoms. The van der Waals surface area contributed by atoms with E-state index in [1.54, 1.807) is 6.92 Å². The number of rotatable bonds is 18. The molecule has 0 aromatic heterocycles. The van der Waals surface area contributed by atoms with E-state index in [0.29, 0.717) is 44.1 Å². The van der Waals surface area contributed by atoms with Gasteiger partial charge in [-0.2, -0.15) is 0 Å². The van der Waals surface area contributed by atoms with Gasteiger partial charge in [0.15, 0.2) is 37.6 Å². The van der Waals surface area contributed by atoms with Gasteiger partial charge in [0.1, 0.15) is 140 Å². The smallest absolute Gasteiger partial charge is 0.314 e. The SMILES string of the molecule is C=C1CC23CCC4[C@](C)(C(=O)OC5OC(CO)C(O)C(OC6OC(CO)C(O)C(O)C6O)C5OC5OC(CO)C(O)C(O)C5O)CCC[C@@]4(C)[C@]2(C)CCC1(OC1OC(CO)C(O)C(OC2OC(CO)C(O)C(O)C2O)C1OC1OC(CO)C(O)C(O)C1O)C3. The first-order valence-electron chi connectivity index (χ1n) is 30.8. The fraction of sp³-hybridized carbons (Fsp3) is 0.947. The quantitative estimate of drug-likeness (QED) is 0.0344. The lowest BCUT2D eigenvalue weighted by Crippen LogP contribution is -2.68. The zero-order chi connectivity index (χ0) is 65.6. The lowest BCUT2D eigenvalue weighted by molar-refractivity contribution is -0.400. The van der Waals surface area contributed by atoms with Gasteiger partial charge in [-0.1, -0.05) is 26.8 Å². The number of carbonyl (C=O) groups is 1. The maximum Gasteiger partial charge on any atom is 0.314 e. The summed E-state index contributed by atoms with van der Waals surface area (Å²) in [5.74, 6) is -1.32. The molecule has 4 saturated carbocycles. The van der Waals surface area contributed by atoms with Crippen molar-refractivity contribution < 1.29 is 164 Å². The molecule has 0 amide bonds. The molecule has 10 rings (SSSR count). The van der Waals surface area contributed by atoms with E-state index < -0.39 is 263 Å². The van der Waals surface area contributed by atoms with E-state index in [1.807, 2.05) is 0 Å². The minimum atomic E-state index is -2.08. The third-order valence-corrected chi connectivity index (χ3v) is 22.3. The lowest BCUT2D eigenvalue weighted by Gasteiger charge is -2.69. The Morgan fingerprint density at radius 2 is 0.789 bits per heavy atom. The van der Waals surface area contributed by atoms with Gasteiger partial charge in [0.05, 0.1) is 50.7 Å². The molecular formula is C57H92O33. The van der Waals surface area contributed by atoms with Gasteiger partial charge >= 0.3 is 5.97 Å². The Bertz CT molecular complexity index is 2450. The van der Waals surface area contributed by atoms with Crippen molar-refractivity contribution in [3.8, 4) is 0 Å². The summed E-state index contributed by atoms with van der Waals surface area (Å²) in [5.41, 5.74) is -4.07. The van der Waals surface area contributed by atoms with Crippen LogP contribution in [0, 0.1) is 27.6 Å². The number of hydrogen-bond acceptors (Lipinski definition) is 33. The van der Waals surface area contributed by atoms with Gasteiger partial charge in [0.2, 0.25) is 6.29 Å². The van der Waals surface area contributed by atoms with Crippen LogP contribution >= 0.6 is 0 Å². The first-order valence-corrected chi connectivity index (χ1v) is 30.8. The molecule has 36 atom stereocenters. The molecule has 2 bridgehead atoms. The van der Waals surface area contributed by atoms with E-state index in [1.165, 1.54) is 0 Å². The molecule has 6 heterocycles. The fourth-order valence-electron chi connectivity index (χ4n) is 16.7. The predicted octanol–water partition coefficient (Wildman–Crippen LogP) is -9.08. The zero-order valence-electron chi connectivity index (χ0n) is 50.0. The normalized spacial score (nSPS) is 54.8. The number of aliphatic hydroxyl groups is 20. The van der Waals surface area contributed by atoms with Crippen molar-refractivity contribution in [2.45, 2.75) is 268 Å². The van der Waals surface area contributed by atoms with E-state index >= 15 is 4.79 Å². The van der Waals surface area contributed by atoms with Crippen molar-refractivity contribution in [2.75, 3.05) is 39.6 Å². The van der Waals surface area contributed by atoms with Gasteiger partial charge in [-0.15, -0.1) is 0 Å². The van der Waals surface area contributed by atoms with E-state index in [-0.39, 0.29) is 19.3 Å². The summed E-state index contributed by atoms with van der Waals surface area (Å²) in [6.07, 6.45) is -52.2. The largest absolute Gasteiger partial charge is 0.432 e. The van der Waals surface area contributed by atoms with Crippen molar-refractivity contribution in [3.05, 3.63) is 12.2 Å². The summed E-state index contributed by atoms with van der Waals surface area (Å²) in [7, 11) is 0. The van der Waals surface area contributed by atoms with Crippen LogP contribution in [0.25, 0.3) is 0 Å². The number of hydrogen-bond donors (Lipinski definition) is 20. The second-order valence-corrected chi connectivity index (χ2v) is 27.0. The van der Waals surface area contributed by atoms with Gasteiger partial charge in [0.25, 0.3) is 0 Å². The molecule has 20 N–H and O–H groups in total. The fourth-order valence-corrected chi connectivity index (χ4v) is 16.7. The summed E-state index contributed by atoms with van der Waals surface area (Å²) in [5, 5.41) is 215. The minimum absolute atomic E-state index is 0.221. The highest BCUT2D eigenvalue weighted by Gasteiger charge is 2.74. The molecule has 0 radical (unpaired) electrons. The predicted molar refractivity (Wildman–Crippen MR) is 289 cm³/mol. The molecule has 10 fully saturated rings. The molecule has 0 aromatic carbocycles. The monoisotopic (exact) mass is 1300 g/mol.